The molecule has 2 aromatic rings. The topological polar surface area (TPSA) is 77.4 Å². The van der Waals surface area contributed by atoms with Crippen LogP contribution in [0.3, 0.4) is 0 Å². The molecule has 2 N–H and O–H groups in total. The van der Waals surface area contributed by atoms with Gasteiger partial charge in [0.15, 0.2) is 6.29 Å². The van der Waals surface area contributed by atoms with Gasteiger partial charge in [-0.2, -0.15) is 0 Å². The standard InChI is InChI=1S/C21H26O6/c1-24-21-20(26-14-16-10-6-3-7-11-16)18(23)19(17(12-22)27-21)25-13-15-8-4-2-5-9-15/h2-11,17-23H,12-14H2,1H3/t17-,18+,19-,20-,21-/m1/s1. The molecule has 146 valence electrons. The van der Waals surface area contributed by atoms with E-state index in [-0.39, 0.29) is 6.61 Å². The largest absolute Gasteiger partial charge is 0.394 e. The Hall–Kier alpha value is -1.80. The summed E-state index contributed by atoms with van der Waals surface area (Å²) in [7, 11) is 1.48. The molecule has 5 atom stereocenters. The van der Waals surface area contributed by atoms with E-state index in [1.807, 2.05) is 60.7 Å². The molecule has 0 amide bonds. The summed E-state index contributed by atoms with van der Waals surface area (Å²) in [6, 6.07) is 19.3. The van der Waals surface area contributed by atoms with Gasteiger partial charge in [-0.05, 0) is 11.1 Å². The van der Waals surface area contributed by atoms with E-state index in [0.29, 0.717) is 13.2 Å². The molecular formula is C21H26O6. The van der Waals surface area contributed by atoms with Crippen LogP contribution < -0.4 is 0 Å². The van der Waals surface area contributed by atoms with E-state index < -0.39 is 30.7 Å². The van der Waals surface area contributed by atoms with Crippen molar-refractivity contribution < 1.29 is 29.2 Å². The number of aliphatic hydroxyl groups is 2. The first-order chi connectivity index (χ1) is 13.2. The molecule has 1 heterocycles. The fourth-order valence-corrected chi connectivity index (χ4v) is 3.15. The maximum atomic E-state index is 10.9. The van der Waals surface area contributed by atoms with Crippen molar-refractivity contribution in [3.8, 4) is 0 Å². The molecule has 6 heteroatoms. The first-order valence-corrected chi connectivity index (χ1v) is 9.01. The predicted molar refractivity (Wildman–Crippen MR) is 98.8 cm³/mol. The average Bonchev–Trinajstić information content (AvgIpc) is 2.73. The maximum Gasteiger partial charge on any atom is 0.186 e. The van der Waals surface area contributed by atoms with E-state index >= 15 is 0 Å². The number of hydrogen-bond acceptors (Lipinski definition) is 6. The van der Waals surface area contributed by atoms with Gasteiger partial charge < -0.3 is 29.2 Å². The van der Waals surface area contributed by atoms with Gasteiger partial charge in [0.1, 0.15) is 24.4 Å². The van der Waals surface area contributed by atoms with Gasteiger partial charge in [0, 0.05) is 7.11 Å². The highest BCUT2D eigenvalue weighted by atomic mass is 16.7. The summed E-state index contributed by atoms with van der Waals surface area (Å²) in [5, 5.41) is 20.5. The van der Waals surface area contributed by atoms with E-state index in [4.69, 9.17) is 18.9 Å². The Morgan fingerprint density at radius 1 is 0.852 bits per heavy atom. The lowest BCUT2D eigenvalue weighted by atomic mass is 9.98. The summed E-state index contributed by atoms with van der Waals surface area (Å²) < 4.78 is 22.9. The van der Waals surface area contributed by atoms with E-state index in [9.17, 15) is 10.2 Å². The van der Waals surface area contributed by atoms with Crippen molar-refractivity contribution >= 4 is 0 Å². The molecule has 0 spiro atoms. The summed E-state index contributed by atoms with van der Waals surface area (Å²) in [5.74, 6) is 0. The number of methoxy groups -OCH3 is 1. The van der Waals surface area contributed by atoms with Gasteiger partial charge in [0.05, 0.1) is 19.8 Å². The Balaban J connectivity index is 1.68. The maximum absolute atomic E-state index is 10.9. The monoisotopic (exact) mass is 374 g/mol. The summed E-state index contributed by atoms with van der Waals surface area (Å²) in [5.41, 5.74) is 1.95. The van der Waals surface area contributed by atoms with Crippen LogP contribution in [0.5, 0.6) is 0 Å². The molecule has 0 radical (unpaired) electrons. The molecular weight excluding hydrogens is 348 g/mol. The first-order valence-electron chi connectivity index (χ1n) is 9.01. The zero-order chi connectivity index (χ0) is 19.1. The lowest BCUT2D eigenvalue weighted by Gasteiger charge is -2.43. The number of rotatable bonds is 8. The molecule has 6 nitrogen and oxygen atoms in total. The fraction of sp³-hybridized carbons (Fsp3) is 0.429. The number of ether oxygens (including phenoxy) is 4. The van der Waals surface area contributed by atoms with Crippen molar-refractivity contribution in [1.29, 1.82) is 0 Å². The smallest absolute Gasteiger partial charge is 0.186 e. The highest BCUT2D eigenvalue weighted by Gasteiger charge is 2.46. The van der Waals surface area contributed by atoms with Gasteiger partial charge in [-0.1, -0.05) is 60.7 Å². The van der Waals surface area contributed by atoms with Gasteiger partial charge in [0.2, 0.25) is 0 Å². The summed E-state index contributed by atoms with van der Waals surface area (Å²) in [6.45, 7) is 0.314. The Kier molecular flexibility index (Phi) is 7.34. The molecule has 0 aliphatic carbocycles. The zero-order valence-corrected chi connectivity index (χ0v) is 15.3. The summed E-state index contributed by atoms with van der Waals surface area (Å²) in [4.78, 5) is 0. The van der Waals surface area contributed by atoms with Crippen LogP contribution in [0.1, 0.15) is 11.1 Å². The summed E-state index contributed by atoms with van der Waals surface area (Å²) in [6.07, 6.45) is -3.97. The highest BCUT2D eigenvalue weighted by molar-refractivity contribution is 5.14. The van der Waals surface area contributed by atoms with Crippen LogP contribution >= 0.6 is 0 Å². The molecule has 0 saturated carbocycles. The van der Waals surface area contributed by atoms with Crippen LogP contribution in [-0.4, -0.2) is 54.6 Å². The van der Waals surface area contributed by atoms with Crippen LogP contribution in [0.2, 0.25) is 0 Å². The SMILES string of the molecule is CO[C@@H]1O[C@H](CO)[C@@H](OCc2ccccc2)[C@H](O)[C@H]1OCc1ccccc1. The Morgan fingerprint density at radius 2 is 1.37 bits per heavy atom. The van der Waals surface area contributed by atoms with Gasteiger partial charge in [-0.25, -0.2) is 0 Å². The molecule has 1 fully saturated rings. The predicted octanol–water partition coefficient (Wildman–Crippen LogP) is 1.88. The van der Waals surface area contributed by atoms with Crippen LogP contribution in [0, 0.1) is 0 Å². The van der Waals surface area contributed by atoms with Crippen molar-refractivity contribution in [2.45, 2.75) is 43.9 Å². The fourth-order valence-electron chi connectivity index (χ4n) is 3.15. The van der Waals surface area contributed by atoms with E-state index in [2.05, 4.69) is 0 Å². The third-order valence-corrected chi connectivity index (χ3v) is 4.60. The number of benzene rings is 2. The molecule has 1 saturated heterocycles. The molecule has 27 heavy (non-hydrogen) atoms. The van der Waals surface area contributed by atoms with Crippen molar-refractivity contribution in [3.05, 3.63) is 71.8 Å². The van der Waals surface area contributed by atoms with Crippen molar-refractivity contribution in [3.63, 3.8) is 0 Å². The minimum atomic E-state index is -1.01. The van der Waals surface area contributed by atoms with Crippen molar-refractivity contribution in [1.82, 2.24) is 0 Å². The highest BCUT2D eigenvalue weighted by Crippen LogP contribution is 2.27. The quantitative estimate of drug-likeness (QED) is 0.735. The van der Waals surface area contributed by atoms with Crippen molar-refractivity contribution in [2.24, 2.45) is 0 Å². The van der Waals surface area contributed by atoms with E-state index in [0.717, 1.165) is 11.1 Å². The van der Waals surface area contributed by atoms with E-state index in [1.165, 1.54) is 7.11 Å². The van der Waals surface area contributed by atoms with Gasteiger partial charge >= 0.3 is 0 Å². The molecule has 2 aromatic carbocycles. The normalized spacial score (nSPS) is 28.2. The minimum Gasteiger partial charge on any atom is -0.394 e. The average molecular weight is 374 g/mol. The zero-order valence-electron chi connectivity index (χ0n) is 15.3. The van der Waals surface area contributed by atoms with Gasteiger partial charge in [0.25, 0.3) is 0 Å². The Bertz CT molecular complexity index is 607. The van der Waals surface area contributed by atoms with Crippen LogP contribution in [0.25, 0.3) is 0 Å². The molecule has 1 aliphatic rings. The van der Waals surface area contributed by atoms with Gasteiger partial charge in [-0.3, -0.25) is 0 Å². The van der Waals surface area contributed by atoms with Crippen LogP contribution in [0.15, 0.2) is 60.7 Å². The summed E-state index contributed by atoms with van der Waals surface area (Å²) >= 11 is 0. The van der Waals surface area contributed by atoms with Gasteiger partial charge in [-0.15, -0.1) is 0 Å². The Labute approximate surface area is 159 Å². The minimum absolute atomic E-state index is 0.290. The lowest BCUT2D eigenvalue weighted by molar-refractivity contribution is -0.313. The van der Waals surface area contributed by atoms with Crippen LogP contribution in [0.4, 0.5) is 0 Å². The third-order valence-electron chi connectivity index (χ3n) is 4.60. The molecule has 1 aliphatic heterocycles. The molecule has 0 bridgehead atoms. The number of aliphatic hydroxyl groups excluding tert-OH is 2. The number of hydrogen-bond donors (Lipinski definition) is 2. The lowest BCUT2D eigenvalue weighted by Crippen LogP contribution is -2.60. The van der Waals surface area contributed by atoms with Crippen molar-refractivity contribution in [2.75, 3.05) is 13.7 Å². The van der Waals surface area contributed by atoms with Crippen LogP contribution in [-0.2, 0) is 32.2 Å². The molecule has 0 unspecified atom stereocenters. The second-order valence-electron chi connectivity index (χ2n) is 6.47. The Morgan fingerprint density at radius 3 is 1.85 bits per heavy atom. The molecule has 3 rings (SSSR count). The second-order valence-corrected chi connectivity index (χ2v) is 6.47. The second kappa shape index (κ2) is 9.94. The van der Waals surface area contributed by atoms with E-state index in [1.54, 1.807) is 0 Å². The first kappa shape index (κ1) is 19.9. The molecule has 0 aromatic heterocycles. The third kappa shape index (κ3) is 5.13.